The standard InChI is InChI=1S/C25H25N3O3/c29-23(18-27-25(31)24(30)26-17-20-12-6-2-7-13-20)28-22(21-14-8-3-9-15-21)16-19-10-4-1-5-11-19/h1-15,22H,16-18H2,(H,26,30)(H,27,31)(H,28,29)/t22-/m0/s1. The highest BCUT2D eigenvalue weighted by Gasteiger charge is 2.18. The molecule has 0 saturated carbocycles. The Balaban J connectivity index is 1.51. The molecule has 6 heteroatoms. The Bertz CT molecular complexity index is 992. The number of carbonyl (C=O) groups excluding carboxylic acids is 3. The van der Waals surface area contributed by atoms with Gasteiger partial charge in [0.2, 0.25) is 5.91 Å². The number of carbonyl (C=O) groups is 3. The van der Waals surface area contributed by atoms with Gasteiger partial charge < -0.3 is 16.0 Å². The highest BCUT2D eigenvalue weighted by molar-refractivity contribution is 6.35. The minimum absolute atomic E-state index is 0.243. The van der Waals surface area contributed by atoms with E-state index in [1.165, 1.54) is 0 Å². The molecular weight excluding hydrogens is 390 g/mol. The van der Waals surface area contributed by atoms with Crippen molar-refractivity contribution in [2.75, 3.05) is 6.54 Å². The van der Waals surface area contributed by atoms with Gasteiger partial charge in [-0.2, -0.15) is 0 Å². The van der Waals surface area contributed by atoms with E-state index < -0.39 is 11.8 Å². The van der Waals surface area contributed by atoms with Crippen molar-refractivity contribution < 1.29 is 14.4 Å². The highest BCUT2D eigenvalue weighted by Crippen LogP contribution is 2.18. The quantitative estimate of drug-likeness (QED) is 0.494. The first-order valence-electron chi connectivity index (χ1n) is 10.1. The summed E-state index contributed by atoms with van der Waals surface area (Å²) in [7, 11) is 0. The molecule has 31 heavy (non-hydrogen) atoms. The van der Waals surface area contributed by atoms with Crippen LogP contribution in [0.3, 0.4) is 0 Å². The molecule has 0 bridgehead atoms. The van der Waals surface area contributed by atoms with Gasteiger partial charge in [-0.1, -0.05) is 91.0 Å². The van der Waals surface area contributed by atoms with Crippen LogP contribution in [0.4, 0.5) is 0 Å². The van der Waals surface area contributed by atoms with Gasteiger partial charge in [-0.3, -0.25) is 14.4 Å². The molecule has 0 aliphatic carbocycles. The van der Waals surface area contributed by atoms with Crippen molar-refractivity contribution in [3.63, 3.8) is 0 Å². The highest BCUT2D eigenvalue weighted by atomic mass is 16.2. The lowest BCUT2D eigenvalue weighted by atomic mass is 9.99. The third-order valence-electron chi connectivity index (χ3n) is 4.73. The topological polar surface area (TPSA) is 87.3 Å². The maximum absolute atomic E-state index is 12.5. The summed E-state index contributed by atoms with van der Waals surface area (Å²) in [6.45, 7) is -0.0395. The summed E-state index contributed by atoms with van der Waals surface area (Å²) in [5.74, 6) is -1.99. The van der Waals surface area contributed by atoms with Crippen LogP contribution in [0.25, 0.3) is 0 Å². The molecule has 0 radical (unpaired) electrons. The Labute approximate surface area is 181 Å². The maximum Gasteiger partial charge on any atom is 0.309 e. The van der Waals surface area contributed by atoms with Gasteiger partial charge in [0.1, 0.15) is 0 Å². The van der Waals surface area contributed by atoms with Gasteiger partial charge in [0.15, 0.2) is 0 Å². The molecule has 0 aliphatic rings. The van der Waals surface area contributed by atoms with E-state index in [1.54, 1.807) is 0 Å². The second-order valence-electron chi connectivity index (χ2n) is 7.07. The molecule has 3 amide bonds. The Morgan fingerprint density at radius 2 is 1.16 bits per heavy atom. The van der Waals surface area contributed by atoms with Crippen molar-refractivity contribution in [3.8, 4) is 0 Å². The molecule has 0 fully saturated rings. The minimum Gasteiger partial charge on any atom is -0.347 e. The second kappa shape index (κ2) is 11.3. The van der Waals surface area contributed by atoms with Crippen molar-refractivity contribution >= 4 is 17.7 Å². The smallest absolute Gasteiger partial charge is 0.309 e. The summed E-state index contributed by atoms with van der Waals surface area (Å²) in [6.07, 6.45) is 0.613. The third kappa shape index (κ3) is 7.12. The monoisotopic (exact) mass is 415 g/mol. The molecule has 158 valence electrons. The van der Waals surface area contributed by atoms with Gasteiger partial charge in [-0.15, -0.1) is 0 Å². The van der Waals surface area contributed by atoms with Crippen molar-refractivity contribution in [3.05, 3.63) is 108 Å². The van der Waals surface area contributed by atoms with Gasteiger partial charge >= 0.3 is 11.8 Å². The first-order chi connectivity index (χ1) is 15.1. The molecular formula is C25H25N3O3. The number of nitrogens with one attached hydrogen (secondary N) is 3. The summed E-state index contributed by atoms with van der Waals surface area (Å²) in [4.78, 5) is 36.4. The molecule has 3 N–H and O–H groups in total. The van der Waals surface area contributed by atoms with Gasteiger partial charge in [0, 0.05) is 6.54 Å². The summed E-state index contributed by atoms with van der Waals surface area (Å²) in [5, 5.41) is 7.86. The number of amides is 3. The van der Waals surface area contributed by atoms with Crippen LogP contribution in [0.15, 0.2) is 91.0 Å². The predicted octanol–water partition coefficient (Wildman–Crippen LogP) is 2.52. The van der Waals surface area contributed by atoms with E-state index in [2.05, 4.69) is 16.0 Å². The fourth-order valence-corrected chi connectivity index (χ4v) is 3.13. The summed E-state index contributed by atoms with van der Waals surface area (Å²) < 4.78 is 0. The Morgan fingerprint density at radius 3 is 1.77 bits per heavy atom. The molecule has 3 aromatic carbocycles. The molecule has 0 spiro atoms. The fourth-order valence-electron chi connectivity index (χ4n) is 3.13. The number of rotatable bonds is 8. The Morgan fingerprint density at radius 1 is 0.645 bits per heavy atom. The average Bonchev–Trinajstić information content (AvgIpc) is 2.82. The van der Waals surface area contributed by atoms with Gasteiger partial charge in [-0.05, 0) is 23.1 Å². The lowest BCUT2D eigenvalue weighted by molar-refractivity contribution is -0.139. The fraction of sp³-hybridized carbons (Fsp3) is 0.160. The van der Waals surface area contributed by atoms with E-state index in [1.807, 2.05) is 91.0 Å². The molecule has 0 unspecified atom stereocenters. The lowest BCUT2D eigenvalue weighted by Crippen LogP contribution is -2.44. The zero-order chi connectivity index (χ0) is 21.9. The van der Waals surface area contributed by atoms with Crippen LogP contribution in [0, 0.1) is 0 Å². The average molecular weight is 415 g/mol. The summed E-state index contributed by atoms with van der Waals surface area (Å²) in [5.41, 5.74) is 2.93. The Hall–Kier alpha value is -3.93. The van der Waals surface area contributed by atoms with E-state index in [0.29, 0.717) is 6.42 Å². The molecule has 6 nitrogen and oxygen atoms in total. The van der Waals surface area contributed by atoms with Crippen LogP contribution in [0.2, 0.25) is 0 Å². The van der Waals surface area contributed by atoms with Crippen LogP contribution in [-0.4, -0.2) is 24.3 Å². The summed E-state index contributed by atoms with van der Waals surface area (Å²) >= 11 is 0. The van der Waals surface area contributed by atoms with E-state index in [0.717, 1.165) is 16.7 Å². The Kier molecular flexibility index (Phi) is 7.94. The predicted molar refractivity (Wildman–Crippen MR) is 119 cm³/mol. The molecule has 3 rings (SSSR count). The van der Waals surface area contributed by atoms with Crippen molar-refractivity contribution in [1.82, 2.24) is 16.0 Å². The molecule has 0 saturated heterocycles. The largest absolute Gasteiger partial charge is 0.347 e. The normalized spacial score (nSPS) is 11.2. The van der Waals surface area contributed by atoms with Crippen LogP contribution in [0.5, 0.6) is 0 Å². The molecule has 0 heterocycles. The minimum atomic E-state index is -0.842. The SMILES string of the molecule is O=C(CNC(=O)C(=O)NCc1ccccc1)N[C@@H](Cc1ccccc1)c1ccccc1. The molecule has 3 aromatic rings. The lowest BCUT2D eigenvalue weighted by Gasteiger charge is -2.20. The van der Waals surface area contributed by atoms with Gasteiger partial charge in [0.25, 0.3) is 0 Å². The number of benzene rings is 3. The van der Waals surface area contributed by atoms with Crippen molar-refractivity contribution in [2.24, 2.45) is 0 Å². The second-order valence-corrected chi connectivity index (χ2v) is 7.07. The zero-order valence-corrected chi connectivity index (χ0v) is 17.1. The first-order valence-corrected chi connectivity index (χ1v) is 10.1. The third-order valence-corrected chi connectivity index (χ3v) is 4.73. The van der Waals surface area contributed by atoms with Crippen LogP contribution in [0.1, 0.15) is 22.7 Å². The molecule has 0 aliphatic heterocycles. The molecule has 0 aromatic heterocycles. The first kappa shape index (κ1) is 21.8. The number of hydrogen-bond acceptors (Lipinski definition) is 3. The van der Waals surface area contributed by atoms with E-state index >= 15 is 0 Å². The summed E-state index contributed by atoms with van der Waals surface area (Å²) in [6, 6.07) is 28.5. The van der Waals surface area contributed by atoms with Crippen molar-refractivity contribution in [2.45, 2.75) is 19.0 Å². The zero-order valence-electron chi connectivity index (χ0n) is 17.1. The van der Waals surface area contributed by atoms with Crippen LogP contribution < -0.4 is 16.0 Å². The van der Waals surface area contributed by atoms with Gasteiger partial charge in [-0.25, -0.2) is 0 Å². The number of hydrogen-bond donors (Lipinski definition) is 3. The van der Waals surface area contributed by atoms with Crippen molar-refractivity contribution in [1.29, 1.82) is 0 Å². The van der Waals surface area contributed by atoms with Gasteiger partial charge in [0.05, 0.1) is 12.6 Å². The van der Waals surface area contributed by atoms with Crippen LogP contribution >= 0.6 is 0 Å². The van der Waals surface area contributed by atoms with E-state index in [-0.39, 0.29) is 25.0 Å². The molecule has 1 atom stereocenters. The van der Waals surface area contributed by atoms with E-state index in [9.17, 15) is 14.4 Å². The van der Waals surface area contributed by atoms with Crippen LogP contribution in [-0.2, 0) is 27.3 Å². The maximum atomic E-state index is 12.5. The van der Waals surface area contributed by atoms with E-state index in [4.69, 9.17) is 0 Å².